The number of aryl methyl sites for hydroxylation is 3. The lowest BCUT2D eigenvalue weighted by molar-refractivity contribution is -0.117. The second-order valence-electron chi connectivity index (χ2n) is 7.61. The molecule has 1 saturated heterocycles. The molecule has 1 fully saturated rings. The Balaban J connectivity index is 1.47. The lowest BCUT2D eigenvalue weighted by Crippen LogP contribution is -2.48. The highest BCUT2D eigenvalue weighted by Crippen LogP contribution is 2.16. The third-order valence-electron chi connectivity index (χ3n) is 5.19. The summed E-state index contributed by atoms with van der Waals surface area (Å²) in [6.45, 7) is 11.8. The Hall–Kier alpha value is -2.17. The number of nitrogens with one attached hydrogen (secondary N) is 1. The fraction of sp³-hybridized carbons (Fsp3) is 0.435. The zero-order valence-corrected chi connectivity index (χ0v) is 16.8. The van der Waals surface area contributed by atoms with E-state index in [1.54, 1.807) is 0 Å². The fourth-order valence-electron chi connectivity index (χ4n) is 3.87. The molecule has 3 rings (SSSR count). The molecule has 0 bridgehead atoms. The highest BCUT2D eigenvalue weighted by molar-refractivity contribution is 5.93. The molecule has 1 aliphatic rings. The number of para-hydroxylation sites is 1. The summed E-state index contributed by atoms with van der Waals surface area (Å²) in [6, 6.07) is 14.8. The van der Waals surface area contributed by atoms with Crippen LogP contribution in [0.2, 0.25) is 0 Å². The minimum Gasteiger partial charge on any atom is -0.325 e. The van der Waals surface area contributed by atoms with E-state index in [2.05, 4.69) is 60.2 Å². The first-order valence-corrected chi connectivity index (χ1v) is 9.93. The van der Waals surface area contributed by atoms with Crippen LogP contribution >= 0.6 is 0 Å². The van der Waals surface area contributed by atoms with E-state index in [1.807, 2.05) is 18.2 Å². The zero-order valence-electron chi connectivity index (χ0n) is 16.8. The number of carbonyl (C=O) groups excluding carboxylic acids is 1. The summed E-state index contributed by atoms with van der Waals surface area (Å²) in [4.78, 5) is 17.2. The van der Waals surface area contributed by atoms with Gasteiger partial charge in [-0.05, 0) is 37.5 Å². The van der Waals surface area contributed by atoms with Crippen molar-refractivity contribution < 1.29 is 4.79 Å². The van der Waals surface area contributed by atoms with Gasteiger partial charge in [-0.15, -0.1) is 0 Å². The van der Waals surface area contributed by atoms with Crippen LogP contribution in [0, 0.1) is 13.8 Å². The number of anilines is 1. The van der Waals surface area contributed by atoms with E-state index in [-0.39, 0.29) is 5.91 Å². The first kappa shape index (κ1) is 19.6. The van der Waals surface area contributed by atoms with Gasteiger partial charge < -0.3 is 5.32 Å². The third-order valence-corrected chi connectivity index (χ3v) is 5.19. The van der Waals surface area contributed by atoms with E-state index < -0.39 is 0 Å². The smallest absolute Gasteiger partial charge is 0.238 e. The molecule has 2 aromatic carbocycles. The molecule has 4 heteroatoms. The highest BCUT2D eigenvalue weighted by Gasteiger charge is 2.19. The molecule has 0 aromatic heterocycles. The van der Waals surface area contributed by atoms with Gasteiger partial charge in [0, 0.05) is 38.4 Å². The summed E-state index contributed by atoms with van der Waals surface area (Å²) in [6.07, 6.45) is 0.924. The number of amides is 1. The fourth-order valence-corrected chi connectivity index (χ4v) is 3.87. The van der Waals surface area contributed by atoms with Gasteiger partial charge in [0.1, 0.15) is 0 Å². The standard InChI is InChI=1S/C23H31N3O/c1-4-21-7-5-6-8-22(21)24-23(27)17-26-11-9-25(10-12-26)16-20-14-18(2)13-19(3)15-20/h5-8,13-15H,4,9-12,16-17H2,1-3H3,(H,24,27). The van der Waals surface area contributed by atoms with Gasteiger partial charge in [0.2, 0.25) is 5.91 Å². The Labute approximate surface area is 163 Å². The Bertz CT molecular complexity index is 759. The van der Waals surface area contributed by atoms with Crippen molar-refractivity contribution in [3.8, 4) is 0 Å². The predicted molar refractivity (Wildman–Crippen MR) is 112 cm³/mol. The minimum atomic E-state index is 0.0821. The number of hydrogen-bond acceptors (Lipinski definition) is 3. The number of piperazine rings is 1. The maximum absolute atomic E-state index is 12.4. The molecule has 0 radical (unpaired) electrons. The van der Waals surface area contributed by atoms with Crippen molar-refractivity contribution in [2.24, 2.45) is 0 Å². The Kier molecular flexibility index (Phi) is 6.64. The second-order valence-corrected chi connectivity index (χ2v) is 7.61. The highest BCUT2D eigenvalue weighted by atomic mass is 16.2. The van der Waals surface area contributed by atoms with Crippen LogP contribution in [0.1, 0.15) is 29.2 Å². The monoisotopic (exact) mass is 365 g/mol. The summed E-state index contributed by atoms with van der Waals surface area (Å²) in [7, 11) is 0. The summed E-state index contributed by atoms with van der Waals surface area (Å²) in [5.41, 5.74) is 6.16. The molecule has 1 aliphatic heterocycles. The second kappa shape index (κ2) is 9.16. The SMILES string of the molecule is CCc1ccccc1NC(=O)CN1CCN(Cc2cc(C)cc(C)c2)CC1. The van der Waals surface area contributed by atoms with Crippen LogP contribution in [-0.4, -0.2) is 48.4 Å². The van der Waals surface area contributed by atoms with Crippen LogP contribution < -0.4 is 5.32 Å². The molecule has 0 saturated carbocycles. The topological polar surface area (TPSA) is 35.6 Å². The van der Waals surface area contributed by atoms with E-state index in [9.17, 15) is 4.79 Å². The van der Waals surface area contributed by atoms with Gasteiger partial charge in [-0.1, -0.05) is 54.4 Å². The molecular formula is C23H31N3O. The van der Waals surface area contributed by atoms with E-state index in [0.717, 1.165) is 44.8 Å². The average Bonchev–Trinajstić information content (AvgIpc) is 2.63. The first-order chi connectivity index (χ1) is 13.0. The van der Waals surface area contributed by atoms with Gasteiger partial charge in [0.15, 0.2) is 0 Å². The number of nitrogens with zero attached hydrogens (tertiary/aromatic N) is 2. The Morgan fingerprint density at radius 1 is 0.963 bits per heavy atom. The minimum absolute atomic E-state index is 0.0821. The zero-order chi connectivity index (χ0) is 19.2. The van der Waals surface area contributed by atoms with Crippen molar-refractivity contribution in [3.63, 3.8) is 0 Å². The first-order valence-electron chi connectivity index (χ1n) is 9.93. The number of benzene rings is 2. The Morgan fingerprint density at radius 2 is 1.59 bits per heavy atom. The molecule has 2 aromatic rings. The van der Waals surface area contributed by atoms with Gasteiger partial charge in [-0.25, -0.2) is 0 Å². The van der Waals surface area contributed by atoms with Crippen molar-refractivity contribution in [1.82, 2.24) is 9.80 Å². The molecule has 0 atom stereocenters. The van der Waals surface area contributed by atoms with Gasteiger partial charge >= 0.3 is 0 Å². The van der Waals surface area contributed by atoms with E-state index in [4.69, 9.17) is 0 Å². The average molecular weight is 366 g/mol. The van der Waals surface area contributed by atoms with Crippen LogP contribution in [0.3, 0.4) is 0 Å². The molecule has 1 N–H and O–H groups in total. The Morgan fingerprint density at radius 3 is 2.26 bits per heavy atom. The normalized spacial score (nSPS) is 15.7. The predicted octanol–water partition coefficient (Wildman–Crippen LogP) is 3.62. The summed E-state index contributed by atoms with van der Waals surface area (Å²) < 4.78 is 0. The molecule has 1 heterocycles. The van der Waals surface area contributed by atoms with Gasteiger partial charge in [0.25, 0.3) is 0 Å². The van der Waals surface area contributed by atoms with Gasteiger partial charge in [0.05, 0.1) is 6.54 Å². The number of rotatable bonds is 6. The van der Waals surface area contributed by atoms with Crippen LogP contribution in [0.4, 0.5) is 5.69 Å². The summed E-state index contributed by atoms with van der Waals surface area (Å²) in [5.74, 6) is 0.0821. The van der Waals surface area contributed by atoms with Gasteiger partial charge in [-0.3, -0.25) is 14.6 Å². The maximum Gasteiger partial charge on any atom is 0.238 e. The van der Waals surface area contributed by atoms with Crippen LogP contribution in [-0.2, 0) is 17.8 Å². The van der Waals surface area contributed by atoms with Crippen molar-refractivity contribution in [1.29, 1.82) is 0 Å². The molecule has 4 nitrogen and oxygen atoms in total. The third kappa shape index (κ3) is 5.65. The maximum atomic E-state index is 12.4. The van der Waals surface area contributed by atoms with Crippen LogP contribution in [0.15, 0.2) is 42.5 Å². The molecule has 27 heavy (non-hydrogen) atoms. The molecule has 1 amide bonds. The van der Waals surface area contributed by atoms with Crippen molar-refractivity contribution in [2.45, 2.75) is 33.7 Å². The molecule has 0 spiro atoms. The molecule has 144 valence electrons. The molecule has 0 aliphatic carbocycles. The summed E-state index contributed by atoms with van der Waals surface area (Å²) >= 11 is 0. The van der Waals surface area contributed by atoms with Crippen molar-refractivity contribution >= 4 is 11.6 Å². The van der Waals surface area contributed by atoms with Crippen molar-refractivity contribution in [3.05, 3.63) is 64.7 Å². The molecular weight excluding hydrogens is 334 g/mol. The lowest BCUT2D eigenvalue weighted by atomic mass is 10.1. The van der Waals surface area contributed by atoms with E-state index in [1.165, 1.54) is 22.3 Å². The largest absolute Gasteiger partial charge is 0.325 e. The van der Waals surface area contributed by atoms with Crippen LogP contribution in [0.5, 0.6) is 0 Å². The quantitative estimate of drug-likeness (QED) is 0.849. The van der Waals surface area contributed by atoms with Crippen molar-refractivity contribution in [2.75, 3.05) is 38.0 Å². The number of hydrogen-bond donors (Lipinski definition) is 1. The van der Waals surface area contributed by atoms with E-state index >= 15 is 0 Å². The number of carbonyl (C=O) groups is 1. The lowest BCUT2D eigenvalue weighted by Gasteiger charge is -2.34. The van der Waals surface area contributed by atoms with Gasteiger partial charge in [-0.2, -0.15) is 0 Å². The van der Waals surface area contributed by atoms with Crippen LogP contribution in [0.25, 0.3) is 0 Å². The summed E-state index contributed by atoms with van der Waals surface area (Å²) in [5, 5.41) is 3.08. The molecule has 0 unspecified atom stereocenters. The van der Waals surface area contributed by atoms with E-state index in [0.29, 0.717) is 6.54 Å².